The number of nitriles is 1. The molecule has 0 atom stereocenters. The van der Waals surface area contributed by atoms with E-state index in [0.717, 1.165) is 5.56 Å². The smallest absolute Gasteiger partial charge is 0.407 e. The lowest BCUT2D eigenvalue weighted by atomic mass is 10.2. The molecule has 5 nitrogen and oxygen atoms in total. The molecule has 0 aliphatic carbocycles. The van der Waals surface area contributed by atoms with Crippen LogP contribution >= 0.6 is 0 Å². The van der Waals surface area contributed by atoms with E-state index < -0.39 is 6.09 Å². The molecule has 0 saturated carbocycles. The molecule has 2 aromatic rings. The van der Waals surface area contributed by atoms with Gasteiger partial charge in [-0.05, 0) is 42.0 Å². The molecular formula is C16H14N2O3. The zero-order valence-electron chi connectivity index (χ0n) is 11.5. The lowest BCUT2D eigenvalue weighted by Crippen LogP contribution is -2.18. The minimum atomic E-state index is -0.465. The first-order valence-corrected chi connectivity index (χ1v) is 6.33. The molecule has 0 heterocycles. The van der Waals surface area contributed by atoms with Gasteiger partial charge in [-0.15, -0.1) is 0 Å². The number of carbonyl (C=O) groups is 1. The van der Waals surface area contributed by atoms with Gasteiger partial charge in [0.25, 0.3) is 0 Å². The van der Waals surface area contributed by atoms with Crippen LogP contribution in [0, 0.1) is 11.3 Å². The van der Waals surface area contributed by atoms with Crippen molar-refractivity contribution in [3.8, 4) is 17.6 Å². The quantitative estimate of drug-likeness (QED) is 0.934. The Morgan fingerprint density at radius 1 is 1.10 bits per heavy atom. The molecular weight excluding hydrogens is 268 g/mol. The Bertz CT molecular complexity index is 643. The van der Waals surface area contributed by atoms with Crippen LogP contribution < -0.4 is 10.1 Å². The minimum absolute atomic E-state index is 0.205. The van der Waals surface area contributed by atoms with Crippen molar-refractivity contribution in [2.24, 2.45) is 0 Å². The lowest BCUT2D eigenvalue weighted by Gasteiger charge is -2.07. The van der Waals surface area contributed by atoms with E-state index in [-0.39, 0.29) is 6.61 Å². The Hall–Kier alpha value is -3.00. The topological polar surface area (TPSA) is 71.3 Å². The second-order valence-corrected chi connectivity index (χ2v) is 4.21. The average Bonchev–Trinajstić information content (AvgIpc) is 2.54. The highest BCUT2D eigenvalue weighted by Gasteiger charge is 2.01. The number of benzene rings is 2. The predicted molar refractivity (Wildman–Crippen MR) is 76.9 cm³/mol. The van der Waals surface area contributed by atoms with Crippen molar-refractivity contribution >= 4 is 6.09 Å². The molecule has 0 spiro atoms. The Labute approximate surface area is 122 Å². The predicted octanol–water partition coefficient (Wildman–Crippen LogP) is 3.21. The molecule has 2 aromatic carbocycles. The van der Waals surface area contributed by atoms with Crippen molar-refractivity contribution in [2.75, 3.05) is 7.05 Å². The molecule has 2 rings (SSSR count). The molecule has 0 radical (unpaired) electrons. The van der Waals surface area contributed by atoms with Gasteiger partial charge in [0.05, 0.1) is 11.6 Å². The third-order valence-corrected chi connectivity index (χ3v) is 2.72. The number of rotatable bonds is 4. The van der Waals surface area contributed by atoms with Crippen LogP contribution in [0.1, 0.15) is 11.1 Å². The summed E-state index contributed by atoms with van der Waals surface area (Å²) < 4.78 is 10.6. The van der Waals surface area contributed by atoms with Crippen molar-refractivity contribution in [2.45, 2.75) is 6.61 Å². The van der Waals surface area contributed by atoms with Gasteiger partial charge in [0.1, 0.15) is 18.1 Å². The van der Waals surface area contributed by atoms with Crippen LogP contribution in [-0.2, 0) is 11.3 Å². The first-order valence-electron chi connectivity index (χ1n) is 6.33. The number of amides is 1. The number of alkyl carbamates (subject to hydrolysis) is 1. The highest BCUT2D eigenvalue weighted by molar-refractivity contribution is 5.66. The molecule has 0 aromatic heterocycles. The first-order chi connectivity index (χ1) is 10.2. The SMILES string of the molecule is CNC(=O)OCc1ccc(Oc2ccc(C#N)cc2)cc1. The number of ether oxygens (including phenoxy) is 2. The van der Waals surface area contributed by atoms with Gasteiger partial charge in [0, 0.05) is 7.05 Å². The fourth-order valence-electron chi connectivity index (χ4n) is 1.61. The molecule has 0 aliphatic rings. The standard InChI is InChI=1S/C16H14N2O3/c1-18-16(19)20-11-13-4-8-15(9-5-13)21-14-6-2-12(10-17)3-7-14/h2-9H,11H2,1H3,(H,18,19). The Morgan fingerprint density at radius 2 is 1.67 bits per heavy atom. The number of hydrogen-bond donors (Lipinski definition) is 1. The summed E-state index contributed by atoms with van der Waals surface area (Å²) >= 11 is 0. The van der Waals surface area contributed by atoms with Crippen molar-refractivity contribution in [3.63, 3.8) is 0 Å². The van der Waals surface area contributed by atoms with E-state index in [1.165, 1.54) is 7.05 Å². The van der Waals surface area contributed by atoms with Crippen LogP contribution in [0.3, 0.4) is 0 Å². The van der Waals surface area contributed by atoms with Gasteiger partial charge in [0.2, 0.25) is 0 Å². The fraction of sp³-hybridized carbons (Fsp3) is 0.125. The Morgan fingerprint density at radius 3 is 2.19 bits per heavy atom. The summed E-state index contributed by atoms with van der Waals surface area (Å²) in [5.74, 6) is 1.33. The van der Waals surface area contributed by atoms with Crippen LogP contribution in [-0.4, -0.2) is 13.1 Å². The van der Waals surface area contributed by atoms with Crippen LogP contribution in [0.5, 0.6) is 11.5 Å². The van der Waals surface area contributed by atoms with Gasteiger partial charge in [-0.3, -0.25) is 0 Å². The van der Waals surface area contributed by atoms with Crippen molar-refractivity contribution in [1.82, 2.24) is 5.32 Å². The normalized spacial score (nSPS) is 9.52. The zero-order valence-corrected chi connectivity index (χ0v) is 11.5. The third kappa shape index (κ3) is 4.25. The van der Waals surface area contributed by atoms with Crippen LogP contribution in [0.25, 0.3) is 0 Å². The maximum absolute atomic E-state index is 11.0. The Kier molecular flexibility index (Phi) is 4.78. The first kappa shape index (κ1) is 14.4. The molecule has 0 bridgehead atoms. The monoisotopic (exact) mass is 282 g/mol. The highest BCUT2D eigenvalue weighted by atomic mass is 16.5. The molecule has 1 N–H and O–H groups in total. The maximum Gasteiger partial charge on any atom is 0.407 e. The summed E-state index contributed by atoms with van der Waals surface area (Å²) in [4.78, 5) is 11.0. The number of carbonyl (C=O) groups excluding carboxylic acids is 1. The van der Waals surface area contributed by atoms with Crippen LogP contribution in [0.15, 0.2) is 48.5 Å². The summed E-state index contributed by atoms with van der Waals surface area (Å²) in [6.07, 6.45) is -0.465. The maximum atomic E-state index is 11.0. The zero-order chi connectivity index (χ0) is 15.1. The third-order valence-electron chi connectivity index (χ3n) is 2.72. The van der Waals surface area contributed by atoms with E-state index in [1.54, 1.807) is 36.4 Å². The summed E-state index contributed by atoms with van der Waals surface area (Å²) in [5.41, 5.74) is 1.45. The van der Waals surface area contributed by atoms with E-state index in [0.29, 0.717) is 17.1 Å². The van der Waals surface area contributed by atoms with Gasteiger partial charge in [0.15, 0.2) is 0 Å². The fourth-order valence-corrected chi connectivity index (χ4v) is 1.61. The number of nitrogens with zero attached hydrogens (tertiary/aromatic N) is 1. The van der Waals surface area contributed by atoms with E-state index in [1.807, 2.05) is 12.1 Å². The molecule has 0 fully saturated rings. The molecule has 0 unspecified atom stereocenters. The van der Waals surface area contributed by atoms with Crippen molar-refractivity contribution < 1.29 is 14.3 Å². The molecule has 106 valence electrons. The largest absolute Gasteiger partial charge is 0.457 e. The molecule has 1 amide bonds. The second kappa shape index (κ2) is 6.96. The van der Waals surface area contributed by atoms with E-state index in [2.05, 4.69) is 11.4 Å². The van der Waals surface area contributed by atoms with Crippen LogP contribution in [0.4, 0.5) is 4.79 Å². The molecule has 0 saturated heterocycles. The van der Waals surface area contributed by atoms with E-state index >= 15 is 0 Å². The van der Waals surface area contributed by atoms with Gasteiger partial charge in [-0.1, -0.05) is 12.1 Å². The summed E-state index contributed by atoms with van der Waals surface area (Å²) in [6.45, 7) is 0.205. The summed E-state index contributed by atoms with van der Waals surface area (Å²) in [5, 5.41) is 11.1. The van der Waals surface area contributed by atoms with Gasteiger partial charge < -0.3 is 14.8 Å². The second-order valence-electron chi connectivity index (χ2n) is 4.21. The van der Waals surface area contributed by atoms with Crippen molar-refractivity contribution in [1.29, 1.82) is 5.26 Å². The highest BCUT2D eigenvalue weighted by Crippen LogP contribution is 2.22. The Balaban J connectivity index is 1.95. The van der Waals surface area contributed by atoms with Gasteiger partial charge in [-0.25, -0.2) is 4.79 Å². The number of nitrogens with one attached hydrogen (secondary N) is 1. The molecule has 5 heteroatoms. The molecule has 0 aliphatic heterocycles. The summed E-state index contributed by atoms with van der Waals surface area (Å²) in [7, 11) is 1.51. The van der Waals surface area contributed by atoms with Crippen LogP contribution in [0.2, 0.25) is 0 Å². The van der Waals surface area contributed by atoms with E-state index in [4.69, 9.17) is 14.7 Å². The average molecular weight is 282 g/mol. The lowest BCUT2D eigenvalue weighted by molar-refractivity contribution is 0.142. The van der Waals surface area contributed by atoms with Gasteiger partial charge in [-0.2, -0.15) is 5.26 Å². The number of hydrogen-bond acceptors (Lipinski definition) is 4. The van der Waals surface area contributed by atoms with Crippen molar-refractivity contribution in [3.05, 3.63) is 59.7 Å². The van der Waals surface area contributed by atoms with E-state index in [9.17, 15) is 4.79 Å². The molecule has 21 heavy (non-hydrogen) atoms. The minimum Gasteiger partial charge on any atom is -0.457 e. The summed E-state index contributed by atoms with van der Waals surface area (Å²) in [6, 6.07) is 16.1. The van der Waals surface area contributed by atoms with Gasteiger partial charge >= 0.3 is 6.09 Å².